The number of allylic oxidation sites excluding steroid dienone is 1. The standard InChI is InChI=1S/C20H39N9/c1-24(2)18(25(3)4)21-15-13-14-16(22-19(26(5)6)27(7)8)17(15)23-20(28(9)10)29(11)12/h13H,14H2,1-12H3. The minimum atomic E-state index is 0.686. The molecule has 9 nitrogen and oxygen atoms in total. The van der Waals surface area contributed by atoms with Gasteiger partial charge in [-0.2, -0.15) is 0 Å². The van der Waals surface area contributed by atoms with Crippen LogP contribution in [0.1, 0.15) is 6.42 Å². The van der Waals surface area contributed by atoms with Crippen LogP contribution in [0.4, 0.5) is 0 Å². The minimum Gasteiger partial charge on any atom is -0.349 e. The molecule has 1 rings (SSSR count). The van der Waals surface area contributed by atoms with Crippen LogP contribution in [0.3, 0.4) is 0 Å². The van der Waals surface area contributed by atoms with E-state index in [0.717, 1.165) is 35.0 Å². The average molecular weight is 406 g/mol. The van der Waals surface area contributed by atoms with Gasteiger partial charge in [0, 0.05) is 91.0 Å². The summed E-state index contributed by atoms with van der Waals surface area (Å²) < 4.78 is 0. The van der Waals surface area contributed by atoms with E-state index in [2.05, 4.69) is 6.08 Å². The van der Waals surface area contributed by atoms with Gasteiger partial charge in [0.15, 0.2) is 0 Å². The predicted octanol–water partition coefficient (Wildman–Crippen LogP) is 0.923. The molecule has 0 bridgehead atoms. The molecule has 0 saturated carbocycles. The average Bonchev–Trinajstić information content (AvgIpc) is 2.94. The molecule has 1 aliphatic carbocycles. The number of rotatable bonds is 3. The van der Waals surface area contributed by atoms with Gasteiger partial charge in [0.1, 0.15) is 5.70 Å². The predicted molar refractivity (Wildman–Crippen MR) is 124 cm³/mol. The lowest BCUT2D eigenvalue weighted by atomic mass is 10.3. The maximum atomic E-state index is 4.97. The van der Waals surface area contributed by atoms with E-state index in [1.807, 2.05) is 114 Å². The number of hydrogen-bond acceptors (Lipinski definition) is 3. The van der Waals surface area contributed by atoms with Crippen molar-refractivity contribution in [3.63, 3.8) is 0 Å². The molecule has 0 radical (unpaired) electrons. The Labute approximate surface area is 177 Å². The molecule has 0 atom stereocenters. The van der Waals surface area contributed by atoms with Crippen LogP contribution in [-0.2, 0) is 0 Å². The molecular weight excluding hydrogens is 366 g/mol. The van der Waals surface area contributed by atoms with E-state index in [9.17, 15) is 0 Å². The molecule has 0 spiro atoms. The summed E-state index contributed by atoms with van der Waals surface area (Å²) in [5, 5.41) is 0. The van der Waals surface area contributed by atoms with Gasteiger partial charge in [0.05, 0.1) is 11.4 Å². The number of guanidine groups is 3. The van der Waals surface area contributed by atoms with Crippen molar-refractivity contribution in [3.05, 3.63) is 23.2 Å². The van der Waals surface area contributed by atoms with Crippen LogP contribution in [0.2, 0.25) is 0 Å². The highest BCUT2D eigenvalue weighted by atomic mass is 15.4. The molecule has 0 N–H and O–H groups in total. The second kappa shape index (κ2) is 10.2. The van der Waals surface area contributed by atoms with Crippen LogP contribution in [0.5, 0.6) is 0 Å². The zero-order valence-electron chi connectivity index (χ0n) is 20.3. The van der Waals surface area contributed by atoms with E-state index >= 15 is 0 Å². The molecule has 0 aromatic rings. The smallest absolute Gasteiger partial charge is 0.200 e. The Morgan fingerprint density at radius 2 is 0.897 bits per heavy atom. The highest BCUT2D eigenvalue weighted by molar-refractivity contribution is 5.84. The van der Waals surface area contributed by atoms with Gasteiger partial charge in [-0.1, -0.05) is 6.08 Å². The van der Waals surface area contributed by atoms with Crippen LogP contribution < -0.4 is 0 Å². The zero-order valence-corrected chi connectivity index (χ0v) is 20.3. The van der Waals surface area contributed by atoms with Crippen molar-refractivity contribution in [1.82, 2.24) is 29.4 Å². The van der Waals surface area contributed by atoms with Crippen molar-refractivity contribution in [3.8, 4) is 0 Å². The van der Waals surface area contributed by atoms with Crippen LogP contribution in [0.25, 0.3) is 0 Å². The zero-order chi connectivity index (χ0) is 22.5. The molecule has 0 aromatic heterocycles. The number of hydrogen-bond donors (Lipinski definition) is 0. The van der Waals surface area contributed by atoms with E-state index < -0.39 is 0 Å². The first-order chi connectivity index (χ1) is 13.4. The lowest BCUT2D eigenvalue weighted by molar-refractivity contribution is 0.480. The Hall–Kier alpha value is -2.71. The van der Waals surface area contributed by atoms with E-state index in [1.54, 1.807) is 0 Å². The lowest BCUT2D eigenvalue weighted by Gasteiger charge is -2.25. The van der Waals surface area contributed by atoms with Crippen molar-refractivity contribution in [2.45, 2.75) is 6.42 Å². The number of aliphatic imine (C=N–C) groups is 3. The minimum absolute atomic E-state index is 0.686. The van der Waals surface area contributed by atoms with Gasteiger partial charge in [0.25, 0.3) is 0 Å². The van der Waals surface area contributed by atoms with Crippen molar-refractivity contribution in [2.24, 2.45) is 15.0 Å². The molecule has 0 heterocycles. The molecule has 1 aliphatic rings. The molecule has 0 amide bonds. The molecule has 0 aromatic carbocycles. The topological polar surface area (TPSA) is 56.5 Å². The summed E-state index contributed by atoms with van der Waals surface area (Å²) in [6.07, 6.45) is 2.78. The van der Waals surface area contributed by atoms with Crippen molar-refractivity contribution in [2.75, 3.05) is 84.6 Å². The first-order valence-corrected chi connectivity index (χ1v) is 9.60. The second-order valence-electron chi connectivity index (χ2n) is 8.19. The van der Waals surface area contributed by atoms with Crippen molar-refractivity contribution >= 4 is 17.9 Å². The summed E-state index contributed by atoms with van der Waals surface area (Å²) in [4.78, 5) is 26.8. The first kappa shape index (κ1) is 24.3. The molecule has 9 heteroatoms. The van der Waals surface area contributed by atoms with E-state index in [0.29, 0.717) is 6.42 Å². The normalized spacial score (nSPS) is 12.8. The fourth-order valence-corrected chi connectivity index (χ4v) is 2.98. The maximum absolute atomic E-state index is 4.97. The lowest BCUT2D eigenvalue weighted by Crippen LogP contribution is -2.36. The summed E-state index contributed by atoms with van der Waals surface area (Å²) in [6.45, 7) is 0. The third-order valence-electron chi connectivity index (χ3n) is 4.07. The van der Waals surface area contributed by atoms with Gasteiger partial charge in [-0.3, -0.25) is 0 Å². The molecule has 0 aliphatic heterocycles. The Morgan fingerprint density at radius 3 is 1.28 bits per heavy atom. The Kier molecular flexibility index (Phi) is 8.54. The Balaban J connectivity index is 3.68. The summed E-state index contributed by atoms with van der Waals surface area (Å²) >= 11 is 0. The molecule has 0 unspecified atom stereocenters. The van der Waals surface area contributed by atoms with Gasteiger partial charge in [-0.15, -0.1) is 0 Å². The van der Waals surface area contributed by atoms with E-state index in [-0.39, 0.29) is 0 Å². The Bertz CT molecular complexity index is 690. The molecule has 0 saturated heterocycles. The monoisotopic (exact) mass is 405 g/mol. The molecular formula is C20H39N9. The summed E-state index contributed by atoms with van der Waals surface area (Å²) in [5.74, 6) is 2.55. The third-order valence-corrected chi connectivity index (χ3v) is 4.07. The summed E-state index contributed by atoms with van der Waals surface area (Å²) in [7, 11) is 23.9. The van der Waals surface area contributed by atoms with Crippen LogP contribution in [0, 0.1) is 0 Å². The first-order valence-electron chi connectivity index (χ1n) is 9.60. The molecule has 29 heavy (non-hydrogen) atoms. The quantitative estimate of drug-likeness (QED) is 0.514. The van der Waals surface area contributed by atoms with Crippen molar-refractivity contribution < 1.29 is 0 Å². The van der Waals surface area contributed by atoms with Gasteiger partial charge in [-0.25, -0.2) is 15.0 Å². The summed E-state index contributed by atoms with van der Waals surface area (Å²) in [5.41, 5.74) is 2.53. The SMILES string of the molecule is CN(C)C(=NC1=CCC(N=C(N(C)C)N(C)C)=C1N=C(N(C)C)N(C)C)N(C)C. The summed E-state index contributed by atoms with van der Waals surface area (Å²) in [6, 6.07) is 0. The van der Waals surface area contributed by atoms with Crippen LogP contribution >= 0.6 is 0 Å². The highest BCUT2D eigenvalue weighted by Crippen LogP contribution is 2.30. The van der Waals surface area contributed by atoms with Gasteiger partial charge in [0.2, 0.25) is 17.9 Å². The molecule has 0 fully saturated rings. The fourth-order valence-electron chi connectivity index (χ4n) is 2.98. The van der Waals surface area contributed by atoms with E-state index in [1.165, 1.54) is 0 Å². The van der Waals surface area contributed by atoms with Gasteiger partial charge >= 0.3 is 0 Å². The van der Waals surface area contributed by atoms with E-state index in [4.69, 9.17) is 15.0 Å². The van der Waals surface area contributed by atoms with Crippen LogP contribution in [0.15, 0.2) is 38.1 Å². The molecule has 164 valence electrons. The largest absolute Gasteiger partial charge is 0.349 e. The maximum Gasteiger partial charge on any atom is 0.200 e. The third kappa shape index (κ3) is 6.40. The van der Waals surface area contributed by atoms with Gasteiger partial charge < -0.3 is 29.4 Å². The number of nitrogens with zero attached hydrogens (tertiary/aromatic N) is 9. The van der Waals surface area contributed by atoms with Crippen LogP contribution in [-0.4, -0.2) is 132 Å². The van der Waals surface area contributed by atoms with Crippen molar-refractivity contribution in [1.29, 1.82) is 0 Å². The van der Waals surface area contributed by atoms with Gasteiger partial charge in [-0.05, 0) is 0 Å². The second-order valence-corrected chi connectivity index (χ2v) is 8.19. The Morgan fingerprint density at radius 1 is 0.552 bits per heavy atom. The highest BCUT2D eigenvalue weighted by Gasteiger charge is 2.22. The fraction of sp³-hybridized carbons (Fsp3) is 0.650.